The number of carbonyl (C=O) groups excluding carboxylic acids is 2. The minimum absolute atomic E-state index is 0.0141. The molecule has 130 valence electrons. The highest BCUT2D eigenvalue weighted by atomic mass is 16.2. The number of nitrogens with one attached hydrogen (secondary N) is 2. The number of Topliss-reactive ketones (excluding diaryl/α,β-unsaturated/α-hetero) is 1. The monoisotopic (exact) mass is 337 g/mol. The van der Waals surface area contributed by atoms with Crippen molar-refractivity contribution < 1.29 is 9.59 Å². The van der Waals surface area contributed by atoms with E-state index in [4.69, 9.17) is 0 Å². The summed E-state index contributed by atoms with van der Waals surface area (Å²) < 4.78 is 0. The summed E-state index contributed by atoms with van der Waals surface area (Å²) in [6, 6.07) is 17.0. The van der Waals surface area contributed by atoms with E-state index in [1.165, 1.54) is 12.6 Å². The number of rotatable bonds is 5. The minimum Gasteiger partial charge on any atom is -0.371 e. The lowest BCUT2D eigenvalue weighted by molar-refractivity contribution is 0.101. The molecule has 1 saturated heterocycles. The van der Waals surface area contributed by atoms with Crippen molar-refractivity contribution in [3.05, 3.63) is 60.2 Å². The minimum atomic E-state index is -0.214. The average Bonchev–Trinajstić information content (AvgIpc) is 3.10. The fraction of sp³-hybridized carbons (Fsp3) is 0.300. The van der Waals surface area contributed by atoms with Crippen LogP contribution in [-0.4, -0.2) is 31.4 Å². The Kier molecular flexibility index (Phi) is 5.33. The zero-order valence-electron chi connectivity index (χ0n) is 14.4. The first kappa shape index (κ1) is 17.0. The number of amides is 2. The van der Waals surface area contributed by atoms with Gasteiger partial charge in [-0.15, -0.1) is 0 Å². The number of urea groups is 1. The smallest absolute Gasteiger partial charge is 0.319 e. The van der Waals surface area contributed by atoms with Crippen LogP contribution in [0.2, 0.25) is 0 Å². The van der Waals surface area contributed by atoms with Crippen LogP contribution >= 0.6 is 0 Å². The van der Waals surface area contributed by atoms with Crippen LogP contribution in [0.15, 0.2) is 54.6 Å². The first-order chi connectivity index (χ1) is 12.1. The average molecular weight is 337 g/mol. The molecule has 0 aliphatic carbocycles. The Morgan fingerprint density at radius 2 is 1.80 bits per heavy atom. The number of ketones is 1. The van der Waals surface area contributed by atoms with Crippen LogP contribution < -0.4 is 15.5 Å². The number of carbonyl (C=O) groups is 2. The summed E-state index contributed by atoms with van der Waals surface area (Å²) in [5, 5.41) is 5.74. The maximum atomic E-state index is 12.0. The summed E-state index contributed by atoms with van der Waals surface area (Å²) in [6.07, 6.45) is 1.07. The topological polar surface area (TPSA) is 61.4 Å². The Bertz CT molecular complexity index is 728. The number of benzene rings is 2. The molecule has 0 aromatic heterocycles. The van der Waals surface area contributed by atoms with Gasteiger partial charge in [0.25, 0.3) is 0 Å². The van der Waals surface area contributed by atoms with E-state index in [2.05, 4.69) is 27.7 Å². The van der Waals surface area contributed by atoms with Crippen molar-refractivity contribution in [1.82, 2.24) is 5.32 Å². The van der Waals surface area contributed by atoms with Gasteiger partial charge in [0.2, 0.25) is 0 Å². The van der Waals surface area contributed by atoms with E-state index in [-0.39, 0.29) is 11.8 Å². The van der Waals surface area contributed by atoms with Gasteiger partial charge in [-0.2, -0.15) is 0 Å². The highest BCUT2D eigenvalue weighted by Gasteiger charge is 2.22. The fourth-order valence-corrected chi connectivity index (χ4v) is 3.07. The standard InChI is InChI=1S/C20H23N3O2/c1-15(24)17-7-9-18(10-8-17)22-20(25)21-13-16-11-12-23(14-16)19-5-3-2-4-6-19/h2-10,16H,11-14H2,1H3,(H2,21,22,25). The number of hydrogen-bond donors (Lipinski definition) is 2. The lowest BCUT2D eigenvalue weighted by Gasteiger charge is -2.18. The van der Waals surface area contributed by atoms with Crippen LogP contribution in [0.5, 0.6) is 0 Å². The third-order valence-corrected chi connectivity index (χ3v) is 4.51. The van der Waals surface area contributed by atoms with Crippen LogP contribution in [0.1, 0.15) is 23.7 Å². The van der Waals surface area contributed by atoms with Gasteiger partial charge in [-0.25, -0.2) is 4.79 Å². The zero-order valence-corrected chi connectivity index (χ0v) is 14.4. The molecule has 5 nitrogen and oxygen atoms in total. The predicted octanol–water partition coefficient (Wildman–Crippen LogP) is 3.54. The molecule has 1 unspecified atom stereocenters. The quantitative estimate of drug-likeness (QED) is 0.821. The largest absolute Gasteiger partial charge is 0.371 e. The summed E-state index contributed by atoms with van der Waals surface area (Å²) in [7, 11) is 0. The summed E-state index contributed by atoms with van der Waals surface area (Å²) in [6.45, 7) is 4.15. The van der Waals surface area contributed by atoms with Crippen molar-refractivity contribution >= 4 is 23.2 Å². The summed E-state index contributed by atoms with van der Waals surface area (Å²) in [4.78, 5) is 25.6. The third-order valence-electron chi connectivity index (χ3n) is 4.51. The number of nitrogens with zero attached hydrogens (tertiary/aromatic N) is 1. The van der Waals surface area contributed by atoms with Gasteiger partial charge in [-0.3, -0.25) is 4.79 Å². The lowest BCUT2D eigenvalue weighted by Crippen LogP contribution is -2.34. The number of hydrogen-bond acceptors (Lipinski definition) is 3. The molecule has 0 saturated carbocycles. The van der Waals surface area contributed by atoms with Crippen LogP contribution in [0.3, 0.4) is 0 Å². The molecule has 25 heavy (non-hydrogen) atoms. The second kappa shape index (κ2) is 7.83. The second-order valence-corrected chi connectivity index (χ2v) is 6.40. The lowest BCUT2D eigenvalue weighted by atomic mass is 10.1. The molecule has 2 aromatic carbocycles. The van der Waals surface area contributed by atoms with Crippen molar-refractivity contribution in [3.8, 4) is 0 Å². The maximum absolute atomic E-state index is 12.0. The van der Waals surface area contributed by atoms with E-state index < -0.39 is 0 Å². The molecule has 0 bridgehead atoms. The van der Waals surface area contributed by atoms with Crippen molar-refractivity contribution in [1.29, 1.82) is 0 Å². The van der Waals surface area contributed by atoms with Gasteiger partial charge >= 0.3 is 6.03 Å². The summed E-state index contributed by atoms with van der Waals surface area (Å²) >= 11 is 0. The molecule has 1 atom stereocenters. The first-order valence-corrected chi connectivity index (χ1v) is 8.57. The van der Waals surface area contributed by atoms with Crippen LogP contribution in [-0.2, 0) is 0 Å². The molecule has 1 fully saturated rings. The molecule has 1 heterocycles. The molecule has 0 spiro atoms. The van der Waals surface area contributed by atoms with Gasteiger partial charge in [0, 0.05) is 36.6 Å². The highest BCUT2D eigenvalue weighted by molar-refractivity contribution is 5.95. The van der Waals surface area contributed by atoms with Crippen molar-refractivity contribution in [2.24, 2.45) is 5.92 Å². The van der Waals surface area contributed by atoms with E-state index >= 15 is 0 Å². The van der Waals surface area contributed by atoms with Gasteiger partial charge < -0.3 is 15.5 Å². The molecular weight excluding hydrogens is 314 g/mol. The van der Waals surface area contributed by atoms with E-state index in [9.17, 15) is 9.59 Å². The Balaban J connectivity index is 1.44. The second-order valence-electron chi connectivity index (χ2n) is 6.40. The molecular formula is C20H23N3O2. The molecule has 0 radical (unpaired) electrons. The van der Waals surface area contributed by atoms with E-state index in [1.54, 1.807) is 24.3 Å². The fourth-order valence-electron chi connectivity index (χ4n) is 3.07. The van der Waals surface area contributed by atoms with E-state index in [0.29, 0.717) is 23.7 Å². The maximum Gasteiger partial charge on any atom is 0.319 e. The predicted molar refractivity (Wildman–Crippen MR) is 100 cm³/mol. The molecule has 2 amide bonds. The summed E-state index contributed by atoms with van der Waals surface area (Å²) in [5.74, 6) is 0.464. The highest BCUT2D eigenvalue weighted by Crippen LogP contribution is 2.23. The first-order valence-electron chi connectivity index (χ1n) is 8.57. The van der Waals surface area contributed by atoms with Gasteiger partial charge in [0.1, 0.15) is 0 Å². The molecule has 1 aliphatic heterocycles. The van der Waals surface area contributed by atoms with E-state index in [1.807, 2.05) is 18.2 Å². The Morgan fingerprint density at radius 3 is 2.48 bits per heavy atom. The number of para-hydroxylation sites is 1. The van der Waals surface area contributed by atoms with E-state index in [0.717, 1.165) is 19.5 Å². The molecule has 2 aromatic rings. The SMILES string of the molecule is CC(=O)c1ccc(NC(=O)NCC2CCN(c3ccccc3)C2)cc1. The van der Waals surface area contributed by atoms with Crippen LogP contribution in [0.25, 0.3) is 0 Å². The Labute approximate surface area is 148 Å². The molecule has 2 N–H and O–H groups in total. The molecule has 3 rings (SSSR count). The normalized spacial score (nSPS) is 16.5. The van der Waals surface area contributed by atoms with Gasteiger partial charge in [0.05, 0.1) is 0 Å². The van der Waals surface area contributed by atoms with Gasteiger partial charge in [0.15, 0.2) is 5.78 Å². The van der Waals surface area contributed by atoms with Gasteiger partial charge in [-0.1, -0.05) is 18.2 Å². The van der Waals surface area contributed by atoms with Gasteiger partial charge in [-0.05, 0) is 55.7 Å². The molecule has 5 heteroatoms. The number of anilines is 2. The molecule has 1 aliphatic rings. The van der Waals surface area contributed by atoms with Crippen molar-refractivity contribution in [2.75, 3.05) is 29.9 Å². The van der Waals surface area contributed by atoms with Crippen molar-refractivity contribution in [3.63, 3.8) is 0 Å². The Hall–Kier alpha value is -2.82. The summed E-state index contributed by atoms with van der Waals surface area (Å²) in [5.41, 5.74) is 2.55. The third kappa shape index (κ3) is 4.59. The van der Waals surface area contributed by atoms with Crippen LogP contribution in [0.4, 0.5) is 16.2 Å². The van der Waals surface area contributed by atoms with Crippen LogP contribution in [0, 0.1) is 5.92 Å². The zero-order chi connectivity index (χ0) is 17.6. The Morgan fingerprint density at radius 1 is 1.08 bits per heavy atom. The van der Waals surface area contributed by atoms with Crippen molar-refractivity contribution in [2.45, 2.75) is 13.3 Å².